The Labute approximate surface area is 111 Å². The second-order valence-electron chi connectivity index (χ2n) is 4.84. The molecule has 0 unspecified atom stereocenters. The number of hydrogen-bond donors (Lipinski definition) is 1. The SMILES string of the molecule is Clc1cc(C2=CC[C@H]3CNC[C@H]3C2)cnc1Cl. The molecule has 0 radical (unpaired) electrons. The number of nitrogens with one attached hydrogen (secondary N) is 1. The van der Waals surface area contributed by atoms with Crippen LogP contribution in [0.4, 0.5) is 0 Å². The molecule has 2 aliphatic rings. The van der Waals surface area contributed by atoms with Crippen LogP contribution in [0.2, 0.25) is 10.2 Å². The summed E-state index contributed by atoms with van der Waals surface area (Å²) < 4.78 is 0. The van der Waals surface area contributed by atoms with Gasteiger partial charge in [0.25, 0.3) is 0 Å². The van der Waals surface area contributed by atoms with Gasteiger partial charge < -0.3 is 5.32 Å². The fourth-order valence-electron chi connectivity index (χ4n) is 2.79. The average molecular weight is 269 g/mol. The van der Waals surface area contributed by atoms with Gasteiger partial charge in [-0.2, -0.15) is 0 Å². The summed E-state index contributed by atoms with van der Waals surface area (Å²) in [5, 5.41) is 4.38. The molecule has 0 saturated carbocycles. The summed E-state index contributed by atoms with van der Waals surface area (Å²) in [4.78, 5) is 4.12. The molecule has 1 N–H and O–H groups in total. The molecule has 0 bridgehead atoms. The maximum atomic E-state index is 6.01. The highest BCUT2D eigenvalue weighted by atomic mass is 35.5. The van der Waals surface area contributed by atoms with E-state index in [0.29, 0.717) is 10.2 Å². The second kappa shape index (κ2) is 4.60. The molecule has 17 heavy (non-hydrogen) atoms. The lowest BCUT2D eigenvalue weighted by Gasteiger charge is -2.24. The minimum absolute atomic E-state index is 0.382. The third kappa shape index (κ3) is 2.22. The minimum Gasteiger partial charge on any atom is -0.316 e. The van der Waals surface area contributed by atoms with Crippen molar-refractivity contribution in [3.8, 4) is 0 Å². The van der Waals surface area contributed by atoms with Crippen LogP contribution in [0.1, 0.15) is 18.4 Å². The zero-order valence-corrected chi connectivity index (χ0v) is 10.9. The summed E-state index contributed by atoms with van der Waals surface area (Å²) in [6.07, 6.45) is 6.43. The first-order chi connectivity index (χ1) is 8.24. The van der Waals surface area contributed by atoms with Crippen molar-refractivity contribution >= 4 is 28.8 Å². The fourth-order valence-corrected chi connectivity index (χ4v) is 3.06. The molecule has 1 aliphatic heterocycles. The third-order valence-corrected chi connectivity index (χ3v) is 4.48. The number of fused-ring (bicyclic) bond motifs is 1. The van der Waals surface area contributed by atoms with E-state index in [1.807, 2.05) is 12.3 Å². The zero-order valence-electron chi connectivity index (χ0n) is 9.42. The van der Waals surface area contributed by atoms with Gasteiger partial charge in [0.15, 0.2) is 0 Å². The van der Waals surface area contributed by atoms with Crippen LogP contribution in [-0.4, -0.2) is 18.1 Å². The summed E-state index contributed by atoms with van der Waals surface area (Å²) in [7, 11) is 0. The van der Waals surface area contributed by atoms with Gasteiger partial charge in [-0.3, -0.25) is 0 Å². The maximum Gasteiger partial charge on any atom is 0.147 e. The Bertz CT molecular complexity index is 470. The van der Waals surface area contributed by atoms with Crippen LogP contribution >= 0.6 is 23.2 Å². The fraction of sp³-hybridized carbons (Fsp3) is 0.462. The molecule has 1 aliphatic carbocycles. The lowest BCUT2D eigenvalue weighted by molar-refractivity contribution is 0.418. The Morgan fingerprint density at radius 2 is 2.06 bits per heavy atom. The predicted octanol–water partition coefficient (Wildman–Crippen LogP) is 3.40. The van der Waals surface area contributed by atoms with E-state index < -0.39 is 0 Å². The summed E-state index contributed by atoms with van der Waals surface area (Å²) in [6.45, 7) is 2.30. The smallest absolute Gasteiger partial charge is 0.147 e. The predicted molar refractivity (Wildman–Crippen MR) is 71.3 cm³/mol. The van der Waals surface area contributed by atoms with Crippen LogP contribution in [0.15, 0.2) is 18.3 Å². The van der Waals surface area contributed by atoms with Gasteiger partial charge in [0.1, 0.15) is 5.15 Å². The van der Waals surface area contributed by atoms with E-state index in [2.05, 4.69) is 16.4 Å². The Morgan fingerprint density at radius 3 is 2.88 bits per heavy atom. The highest BCUT2D eigenvalue weighted by molar-refractivity contribution is 6.41. The van der Waals surface area contributed by atoms with Crippen molar-refractivity contribution in [2.45, 2.75) is 12.8 Å². The van der Waals surface area contributed by atoms with Crippen LogP contribution in [-0.2, 0) is 0 Å². The van der Waals surface area contributed by atoms with Gasteiger partial charge in [0, 0.05) is 6.20 Å². The van der Waals surface area contributed by atoms with E-state index >= 15 is 0 Å². The average Bonchev–Trinajstić information content (AvgIpc) is 2.79. The molecular weight excluding hydrogens is 255 g/mol. The van der Waals surface area contributed by atoms with E-state index in [-0.39, 0.29) is 0 Å². The number of allylic oxidation sites excluding steroid dienone is 2. The molecule has 3 rings (SSSR count). The number of rotatable bonds is 1. The molecule has 90 valence electrons. The van der Waals surface area contributed by atoms with Gasteiger partial charge in [-0.15, -0.1) is 0 Å². The molecule has 1 aromatic heterocycles. The van der Waals surface area contributed by atoms with Gasteiger partial charge in [0.05, 0.1) is 5.02 Å². The van der Waals surface area contributed by atoms with Crippen molar-refractivity contribution in [3.63, 3.8) is 0 Å². The van der Waals surface area contributed by atoms with Crippen molar-refractivity contribution in [1.82, 2.24) is 10.3 Å². The number of pyridine rings is 1. The maximum absolute atomic E-state index is 6.01. The van der Waals surface area contributed by atoms with E-state index in [1.54, 1.807) is 0 Å². The van der Waals surface area contributed by atoms with Crippen molar-refractivity contribution in [1.29, 1.82) is 0 Å². The number of aromatic nitrogens is 1. The van der Waals surface area contributed by atoms with Crippen molar-refractivity contribution in [2.24, 2.45) is 11.8 Å². The van der Waals surface area contributed by atoms with Crippen LogP contribution in [0.3, 0.4) is 0 Å². The topological polar surface area (TPSA) is 24.9 Å². The largest absolute Gasteiger partial charge is 0.316 e. The molecule has 1 saturated heterocycles. The van der Waals surface area contributed by atoms with Gasteiger partial charge in [0.2, 0.25) is 0 Å². The molecule has 1 aromatic rings. The summed E-state index contributed by atoms with van der Waals surface area (Å²) in [6, 6.07) is 1.92. The third-order valence-electron chi connectivity index (χ3n) is 3.80. The standard InChI is InChI=1S/C13H14Cl2N2/c14-12-4-11(7-17-13(12)15)8-1-2-9-5-16-6-10(9)3-8/h1,4,7,9-10,16H,2-3,5-6H2/t9-,10+/m0/s1. The monoisotopic (exact) mass is 268 g/mol. The highest BCUT2D eigenvalue weighted by Gasteiger charge is 2.30. The lowest BCUT2D eigenvalue weighted by atomic mass is 9.80. The van der Waals surface area contributed by atoms with Crippen molar-refractivity contribution < 1.29 is 0 Å². The molecule has 2 atom stereocenters. The van der Waals surface area contributed by atoms with Gasteiger partial charge >= 0.3 is 0 Å². The highest BCUT2D eigenvalue weighted by Crippen LogP contribution is 2.37. The zero-order chi connectivity index (χ0) is 11.8. The van der Waals surface area contributed by atoms with Crippen molar-refractivity contribution in [2.75, 3.05) is 13.1 Å². The first-order valence-electron chi connectivity index (χ1n) is 5.95. The van der Waals surface area contributed by atoms with Crippen LogP contribution in [0.25, 0.3) is 5.57 Å². The molecular formula is C13H14Cl2N2. The van der Waals surface area contributed by atoms with Crippen LogP contribution in [0, 0.1) is 11.8 Å². The Hall–Kier alpha value is -0.570. The molecule has 2 heterocycles. The molecule has 0 amide bonds. The first kappa shape index (κ1) is 11.5. The second-order valence-corrected chi connectivity index (χ2v) is 5.61. The van der Waals surface area contributed by atoms with E-state index in [9.17, 15) is 0 Å². The van der Waals surface area contributed by atoms with E-state index in [1.165, 1.54) is 5.57 Å². The summed E-state index contributed by atoms with van der Waals surface area (Å²) in [5.41, 5.74) is 2.48. The molecule has 2 nitrogen and oxygen atoms in total. The van der Waals surface area contributed by atoms with E-state index in [4.69, 9.17) is 23.2 Å². The van der Waals surface area contributed by atoms with Gasteiger partial charge in [-0.25, -0.2) is 4.98 Å². The molecule has 0 spiro atoms. The molecule has 4 heteroatoms. The minimum atomic E-state index is 0.382. The van der Waals surface area contributed by atoms with Crippen molar-refractivity contribution in [3.05, 3.63) is 34.1 Å². The Morgan fingerprint density at radius 1 is 1.24 bits per heavy atom. The number of halogens is 2. The van der Waals surface area contributed by atoms with Gasteiger partial charge in [-0.1, -0.05) is 29.3 Å². The first-order valence-corrected chi connectivity index (χ1v) is 6.71. The Kier molecular flexibility index (Phi) is 3.12. The summed E-state index contributed by atoms with van der Waals surface area (Å²) in [5.74, 6) is 1.58. The summed E-state index contributed by atoms with van der Waals surface area (Å²) >= 11 is 11.8. The quantitative estimate of drug-likeness (QED) is 0.790. The van der Waals surface area contributed by atoms with Crippen LogP contribution < -0.4 is 5.32 Å². The van der Waals surface area contributed by atoms with E-state index in [0.717, 1.165) is 43.3 Å². The Balaban J connectivity index is 1.86. The van der Waals surface area contributed by atoms with Crippen LogP contribution in [0.5, 0.6) is 0 Å². The lowest BCUT2D eigenvalue weighted by Crippen LogP contribution is -2.16. The number of nitrogens with zero attached hydrogens (tertiary/aromatic N) is 1. The normalized spacial score (nSPS) is 27.8. The number of hydrogen-bond acceptors (Lipinski definition) is 2. The molecule has 1 fully saturated rings. The van der Waals surface area contributed by atoms with Gasteiger partial charge in [-0.05, 0) is 55.0 Å². The molecule has 0 aromatic carbocycles.